The van der Waals surface area contributed by atoms with Gasteiger partial charge in [0.15, 0.2) is 0 Å². The monoisotopic (exact) mass is 287 g/mol. The number of likely N-dealkylation sites (N-methyl/N-ethyl adjacent to an activating group) is 1. The van der Waals surface area contributed by atoms with Gasteiger partial charge in [0, 0.05) is 12.0 Å². The summed E-state index contributed by atoms with van der Waals surface area (Å²) >= 11 is 12.1. The van der Waals surface area contributed by atoms with Crippen LogP contribution in [-0.4, -0.2) is 24.8 Å². The average molecular weight is 288 g/mol. The van der Waals surface area contributed by atoms with Crippen molar-refractivity contribution in [1.82, 2.24) is 5.32 Å². The first-order valence-corrected chi connectivity index (χ1v) is 7.14. The van der Waals surface area contributed by atoms with Gasteiger partial charge in [-0.25, -0.2) is 0 Å². The Bertz CT molecular complexity index is 420. The second-order valence-corrected chi connectivity index (χ2v) is 5.89. The molecule has 0 saturated heterocycles. The quantitative estimate of drug-likeness (QED) is 0.893. The van der Waals surface area contributed by atoms with Gasteiger partial charge in [-0.2, -0.15) is 0 Å². The number of aliphatic hydroxyl groups is 1. The first-order valence-electron chi connectivity index (χ1n) is 6.38. The van der Waals surface area contributed by atoms with Crippen molar-refractivity contribution in [1.29, 1.82) is 0 Å². The molecule has 0 radical (unpaired) electrons. The number of hydrogen-bond acceptors (Lipinski definition) is 2. The molecule has 2 N–H and O–H groups in total. The summed E-state index contributed by atoms with van der Waals surface area (Å²) in [5.41, 5.74) is 0.847. The van der Waals surface area contributed by atoms with Gasteiger partial charge < -0.3 is 10.4 Å². The van der Waals surface area contributed by atoms with Gasteiger partial charge in [0.2, 0.25) is 0 Å². The molecule has 1 fully saturated rings. The highest BCUT2D eigenvalue weighted by Crippen LogP contribution is 2.41. The van der Waals surface area contributed by atoms with E-state index in [1.165, 1.54) is 0 Å². The van der Waals surface area contributed by atoms with Gasteiger partial charge >= 0.3 is 0 Å². The average Bonchev–Trinajstić information content (AvgIpc) is 2.36. The molecule has 0 bridgehead atoms. The Labute approximate surface area is 118 Å². The number of benzene rings is 1. The van der Waals surface area contributed by atoms with E-state index in [1.54, 1.807) is 0 Å². The van der Waals surface area contributed by atoms with E-state index >= 15 is 0 Å². The third-order valence-corrected chi connectivity index (χ3v) is 4.71. The van der Waals surface area contributed by atoms with Gasteiger partial charge in [0.25, 0.3) is 0 Å². The molecule has 1 saturated carbocycles. The second kappa shape index (κ2) is 5.79. The third kappa shape index (κ3) is 2.53. The van der Waals surface area contributed by atoms with E-state index < -0.39 is 0 Å². The Morgan fingerprint density at radius 1 is 1.33 bits per heavy atom. The molecule has 1 aromatic carbocycles. The van der Waals surface area contributed by atoms with Gasteiger partial charge in [-0.1, -0.05) is 42.1 Å². The lowest BCUT2D eigenvalue weighted by Gasteiger charge is -2.42. The molecule has 1 aliphatic carbocycles. The van der Waals surface area contributed by atoms with Crippen molar-refractivity contribution in [3.05, 3.63) is 33.8 Å². The van der Waals surface area contributed by atoms with Crippen molar-refractivity contribution < 1.29 is 5.11 Å². The highest BCUT2D eigenvalue weighted by molar-refractivity contribution is 6.42. The lowest BCUT2D eigenvalue weighted by atomic mass is 9.67. The molecular weight excluding hydrogens is 269 g/mol. The normalized spacial score (nSPS) is 28.3. The number of rotatable bonds is 3. The summed E-state index contributed by atoms with van der Waals surface area (Å²) < 4.78 is 0. The topological polar surface area (TPSA) is 32.3 Å². The first kappa shape index (κ1) is 14.1. The molecule has 1 aliphatic rings. The fourth-order valence-corrected chi connectivity index (χ4v) is 3.29. The Kier molecular flexibility index (Phi) is 4.54. The van der Waals surface area contributed by atoms with Crippen molar-refractivity contribution in [2.45, 2.75) is 37.2 Å². The van der Waals surface area contributed by atoms with Crippen LogP contribution < -0.4 is 5.32 Å². The van der Waals surface area contributed by atoms with Crippen molar-refractivity contribution in [3.8, 4) is 0 Å². The van der Waals surface area contributed by atoms with Crippen LogP contribution >= 0.6 is 23.2 Å². The zero-order chi connectivity index (χ0) is 13.2. The smallest absolute Gasteiger partial charge is 0.0649 e. The fraction of sp³-hybridized carbons (Fsp3) is 0.571. The summed E-state index contributed by atoms with van der Waals surface area (Å²) in [7, 11) is 1.92. The molecule has 2 atom stereocenters. The molecule has 2 nitrogen and oxygen atoms in total. The highest BCUT2D eigenvalue weighted by Gasteiger charge is 2.41. The molecule has 0 aromatic heterocycles. The van der Waals surface area contributed by atoms with E-state index in [2.05, 4.69) is 5.32 Å². The maximum absolute atomic E-state index is 10.4. The largest absolute Gasteiger partial charge is 0.392 e. The Morgan fingerprint density at radius 2 is 2.11 bits per heavy atom. The molecule has 0 heterocycles. The number of nitrogens with one attached hydrogen (secondary N) is 1. The van der Waals surface area contributed by atoms with E-state index in [0.717, 1.165) is 37.8 Å². The van der Waals surface area contributed by atoms with Crippen molar-refractivity contribution >= 4 is 23.2 Å². The van der Waals surface area contributed by atoms with E-state index in [9.17, 15) is 5.11 Å². The summed E-state index contributed by atoms with van der Waals surface area (Å²) in [5.74, 6) is 0. The Balaban J connectivity index is 2.42. The maximum Gasteiger partial charge on any atom is 0.0649 e. The van der Waals surface area contributed by atoms with Crippen LogP contribution in [0.15, 0.2) is 18.2 Å². The fourth-order valence-electron chi connectivity index (χ4n) is 2.99. The highest BCUT2D eigenvalue weighted by atomic mass is 35.5. The molecule has 4 heteroatoms. The molecule has 0 aliphatic heterocycles. The van der Waals surface area contributed by atoms with Crippen LogP contribution in [0, 0.1) is 0 Å². The standard InChI is InChI=1S/C14H19Cl2NO/c1-17-9-14(7-3-2-4-13(14)18)10-5-6-11(15)12(16)8-10/h5-6,8,13,17-18H,2-4,7,9H2,1H3. The number of halogens is 2. The molecule has 0 amide bonds. The number of aliphatic hydroxyl groups excluding tert-OH is 1. The van der Waals surface area contributed by atoms with E-state index in [4.69, 9.17) is 23.2 Å². The minimum atomic E-state index is -0.323. The van der Waals surface area contributed by atoms with Gasteiger partial charge in [-0.05, 0) is 37.6 Å². The van der Waals surface area contributed by atoms with Gasteiger partial charge in [-0.15, -0.1) is 0 Å². The minimum absolute atomic E-state index is 0.235. The van der Waals surface area contributed by atoms with Crippen LogP contribution in [0.25, 0.3) is 0 Å². The van der Waals surface area contributed by atoms with Crippen LogP contribution in [-0.2, 0) is 5.41 Å². The van der Waals surface area contributed by atoms with Crippen molar-refractivity contribution in [2.75, 3.05) is 13.6 Å². The predicted octanol–water partition coefficient (Wildman–Crippen LogP) is 3.39. The first-order chi connectivity index (χ1) is 8.60. The summed E-state index contributed by atoms with van der Waals surface area (Å²) in [5, 5.41) is 14.8. The summed E-state index contributed by atoms with van der Waals surface area (Å²) in [6, 6.07) is 5.70. The Hall–Kier alpha value is -0.280. The molecule has 2 rings (SSSR count). The summed E-state index contributed by atoms with van der Waals surface area (Å²) in [4.78, 5) is 0. The van der Waals surface area contributed by atoms with E-state index in [1.807, 2.05) is 25.2 Å². The molecule has 0 spiro atoms. The third-order valence-electron chi connectivity index (χ3n) is 3.98. The lowest BCUT2D eigenvalue weighted by molar-refractivity contribution is 0.0424. The van der Waals surface area contributed by atoms with Crippen molar-refractivity contribution in [2.24, 2.45) is 0 Å². The van der Waals surface area contributed by atoms with Gasteiger partial charge in [0.05, 0.1) is 16.1 Å². The van der Waals surface area contributed by atoms with Crippen LogP contribution in [0.2, 0.25) is 10.0 Å². The summed E-state index contributed by atoms with van der Waals surface area (Å²) in [6.45, 7) is 0.756. The Morgan fingerprint density at radius 3 is 2.72 bits per heavy atom. The molecule has 100 valence electrons. The van der Waals surface area contributed by atoms with Crippen LogP contribution in [0.5, 0.6) is 0 Å². The molecule has 18 heavy (non-hydrogen) atoms. The van der Waals surface area contributed by atoms with Crippen molar-refractivity contribution in [3.63, 3.8) is 0 Å². The van der Waals surface area contributed by atoms with E-state index in [0.29, 0.717) is 10.0 Å². The maximum atomic E-state index is 10.4. The van der Waals surface area contributed by atoms with Gasteiger partial charge in [0.1, 0.15) is 0 Å². The lowest BCUT2D eigenvalue weighted by Crippen LogP contribution is -2.48. The second-order valence-electron chi connectivity index (χ2n) is 5.08. The van der Waals surface area contributed by atoms with Crippen LogP contribution in [0.3, 0.4) is 0 Å². The molecule has 1 aromatic rings. The molecular formula is C14H19Cl2NO. The van der Waals surface area contributed by atoms with Crippen LogP contribution in [0.1, 0.15) is 31.2 Å². The zero-order valence-electron chi connectivity index (χ0n) is 10.5. The predicted molar refractivity (Wildman–Crippen MR) is 76.5 cm³/mol. The summed E-state index contributed by atoms with van der Waals surface area (Å²) in [6.07, 6.45) is 3.73. The SMILES string of the molecule is CNCC1(c2ccc(Cl)c(Cl)c2)CCCCC1O. The minimum Gasteiger partial charge on any atom is -0.392 e. The zero-order valence-corrected chi connectivity index (χ0v) is 12.1. The van der Waals surface area contributed by atoms with Crippen LogP contribution in [0.4, 0.5) is 0 Å². The van der Waals surface area contributed by atoms with E-state index in [-0.39, 0.29) is 11.5 Å². The number of hydrogen-bond donors (Lipinski definition) is 2. The molecule has 2 unspecified atom stereocenters. The van der Waals surface area contributed by atoms with Gasteiger partial charge in [-0.3, -0.25) is 0 Å².